The first-order valence-electron chi connectivity index (χ1n) is 7.95. The van der Waals surface area contributed by atoms with E-state index < -0.39 is 17.1 Å². The van der Waals surface area contributed by atoms with Crippen molar-refractivity contribution in [2.75, 3.05) is 11.1 Å². The van der Waals surface area contributed by atoms with Crippen LogP contribution in [0.3, 0.4) is 0 Å². The highest BCUT2D eigenvalue weighted by Crippen LogP contribution is 2.13. The van der Waals surface area contributed by atoms with Gasteiger partial charge in [0.1, 0.15) is 5.69 Å². The summed E-state index contributed by atoms with van der Waals surface area (Å²) in [6, 6.07) is 12.4. The van der Waals surface area contributed by atoms with Crippen molar-refractivity contribution in [2.45, 2.75) is 19.1 Å². The molecule has 2 rings (SSSR count). The smallest absolute Gasteiger partial charge is 0.288 e. The molecule has 3 N–H and O–H groups in total. The molecule has 26 heavy (non-hydrogen) atoms. The van der Waals surface area contributed by atoms with E-state index in [1.807, 2.05) is 31.2 Å². The van der Waals surface area contributed by atoms with Gasteiger partial charge in [-0.1, -0.05) is 23.8 Å². The molecule has 0 saturated carbocycles. The highest BCUT2D eigenvalue weighted by molar-refractivity contribution is 8.01. The maximum atomic E-state index is 12.0. The van der Waals surface area contributed by atoms with Crippen molar-refractivity contribution in [3.05, 3.63) is 59.9 Å². The summed E-state index contributed by atoms with van der Waals surface area (Å²) in [6.45, 7) is 3.63. The highest BCUT2D eigenvalue weighted by Gasteiger charge is 2.16. The van der Waals surface area contributed by atoms with Crippen LogP contribution in [0, 0.1) is 6.92 Å². The van der Waals surface area contributed by atoms with Crippen LogP contribution in [0.5, 0.6) is 0 Å². The van der Waals surface area contributed by atoms with Crippen LogP contribution in [0.25, 0.3) is 0 Å². The van der Waals surface area contributed by atoms with Gasteiger partial charge in [0, 0.05) is 11.9 Å². The van der Waals surface area contributed by atoms with Crippen molar-refractivity contribution >= 4 is 35.2 Å². The number of benzene rings is 1. The van der Waals surface area contributed by atoms with E-state index in [9.17, 15) is 14.4 Å². The normalized spacial score (nSPS) is 11.3. The molecule has 8 heteroatoms. The SMILES string of the molecule is Cc1ccc(NC(=O)CS[C@H](C)C(=O)NNC(=O)c2ccccn2)cc1. The van der Waals surface area contributed by atoms with Crippen LogP contribution in [-0.4, -0.2) is 33.7 Å². The molecule has 136 valence electrons. The van der Waals surface area contributed by atoms with E-state index in [1.165, 1.54) is 24.0 Å². The number of nitrogens with zero attached hydrogens (tertiary/aromatic N) is 1. The minimum Gasteiger partial charge on any atom is -0.325 e. The van der Waals surface area contributed by atoms with Crippen molar-refractivity contribution in [2.24, 2.45) is 0 Å². The molecule has 0 aliphatic rings. The van der Waals surface area contributed by atoms with Crippen LogP contribution in [-0.2, 0) is 9.59 Å². The number of nitrogens with one attached hydrogen (secondary N) is 3. The fourth-order valence-electron chi connectivity index (χ4n) is 1.89. The summed E-state index contributed by atoms with van der Waals surface area (Å²) in [6.07, 6.45) is 1.49. The molecule has 0 bridgehead atoms. The number of aromatic nitrogens is 1. The number of thioether (sulfide) groups is 1. The van der Waals surface area contributed by atoms with Gasteiger partial charge in [-0.15, -0.1) is 11.8 Å². The third-order valence-corrected chi connectivity index (χ3v) is 4.51. The summed E-state index contributed by atoms with van der Waals surface area (Å²) in [4.78, 5) is 39.6. The van der Waals surface area contributed by atoms with Crippen LogP contribution in [0.1, 0.15) is 23.0 Å². The van der Waals surface area contributed by atoms with Gasteiger partial charge in [0.05, 0.1) is 11.0 Å². The van der Waals surface area contributed by atoms with E-state index in [0.29, 0.717) is 5.69 Å². The van der Waals surface area contributed by atoms with Gasteiger partial charge < -0.3 is 5.32 Å². The fourth-order valence-corrected chi connectivity index (χ4v) is 2.58. The summed E-state index contributed by atoms with van der Waals surface area (Å²) in [5.74, 6) is -0.983. The monoisotopic (exact) mass is 372 g/mol. The molecule has 0 aliphatic carbocycles. The van der Waals surface area contributed by atoms with Crippen LogP contribution >= 0.6 is 11.8 Å². The number of hydrogen-bond donors (Lipinski definition) is 3. The number of pyridine rings is 1. The molecule has 1 aromatic carbocycles. The summed E-state index contributed by atoms with van der Waals surface area (Å²) in [5, 5.41) is 2.25. The van der Waals surface area contributed by atoms with E-state index in [0.717, 1.165) is 5.56 Å². The number of hydrogen-bond acceptors (Lipinski definition) is 5. The molecule has 1 heterocycles. The average molecular weight is 372 g/mol. The van der Waals surface area contributed by atoms with Crippen molar-refractivity contribution in [1.82, 2.24) is 15.8 Å². The topological polar surface area (TPSA) is 100 Å². The molecular weight excluding hydrogens is 352 g/mol. The molecule has 7 nitrogen and oxygen atoms in total. The first-order valence-corrected chi connectivity index (χ1v) is 9.00. The van der Waals surface area contributed by atoms with Gasteiger partial charge in [0.25, 0.3) is 11.8 Å². The molecule has 2 aromatic rings. The summed E-state index contributed by atoms with van der Waals surface area (Å²) in [5.41, 5.74) is 6.64. The molecule has 0 unspecified atom stereocenters. The Kier molecular flexibility index (Phi) is 7.16. The first kappa shape index (κ1) is 19.5. The van der Waals surface area contributed by atoms with E-state index in [-0.39, 0.29) is 17.4 Å². The summed E-state index contributed by atoms with van der Waals surface area (Å²) < 4.78 is 0. The number of carbonyl (C=O) groups excluding carboxylic acids is 3. The fraction of sp³-hybridized carbons (Fsp3) is 0.222. The number of anilines is 1. The van der Waals surface area contributed by atoms with Gasteiger partial charge in [-0.25, -0.2) is 0 Å². The van der Waals surface area contributed by atoms with Crippen molar-refractivity contribution < 1.29 is 14.4 Å². The molecule has 0 aliphatic heterocycles. The second kappa shape index (κ2) is 9.57. The number of amides is 3. The Morgan fingerprint density at radius 2 is 1.81 bits per heavy atom. The summed E-state index contributed by atoms with van der Waals surface area (Å²) >= 11 is 1.17. The van der Waals surface area contributed by atoms with Crippen LogP contribution in [0.15, 0.2) is 48.7 Å². The standard InChI is InChI=1S/C18H20N4O3S/c1-12-6-8-14(9-7-12)20-16(23)11-26-13(2)17(24)21-22-18(25)15-5-3-4-10-19-15/h3-10,13H,11H2,1-2H3,(H,20,23)(H,21,24)(H,22,25)/t13-/m1/s1. The third kappa shape index (κ3) is 6.21. The van der Waals surface area contributed by atoms with Gasteiger partial charge in [0.2, 0.25) is 5.91 Å². The van der Waals surface area contributed by atoms with Crippen molar-refractivity contribution in [3.63, 3.8) is 0 Å². The van der Waals surface area contributed by atoms with E-state index in [1.54, 1.807) is 19.1 Å². The molecule has 1 atom stereocenters. The lowest BCUT2D eigenvalue weighted by Crippen LogP contribution is -2.45. The molecule has 0 spiro atoms. The minimum atomic E-state index is -0.511. The van der Waals surface area contributed by atoms with E-state index in [4.69, 9.17) is 0 Å². The van der Waals surface area contributed by atoms with Crippen molar-refractivity contribution in [3.8, 4) is 0 Å². The zero-order chi connectivity index (χ0) is 18.9. The maximum absolute atomic E-state index is 12.0. The Balaban J connectivity index is 1.72. The van der Waals surface area contributed by atoms with Crippen LogP contribution in [0.2, 0.25) is 0 Å². The Morgan fingerprint density at radius 1 is 1.08 bits per heavy atom. The maximum Gasteiger partial charge on any atom is 0.288 e. The van der Waals surface area contributed by atoms with E-state index in [2.05, 4.69) is 21.2 Å². The molecule has 0 radical (unpaired) electrons. The lowest BCUT2D eigenvalue weighted by atomic mass is 10.2. The lowest BCUT2D eigenvalue weighted by molar-refractivity contribution is -0.121. The molecule has 3 amide bonds. The van der Waals surface area contributed by atoms with Gasteiger partial charge in [0.15, 0.2) is 0 Å². The predicted molar refractivity (Wildman–Crippen MR) is 102 cm³/mol. The van der Waals surface area contributed by atoms with Gasteiger partial charge in [-0.2, -0.15) is 0 Å². The molecule has 0 saturated heterocycles. The van der Waals surface area contributed by atoms with Gasteiger partial charge >= 0.3 is 0 Å². The molecule has 0 fully saturated rings. The first-order chi connectivity index (χ1) is 12.5. The van der Waals surface area contributed by atoms with E-state index >= 15 is 0 Å². The summed E-state index contributed by atoms with van der Waals surface area (Å²) in [7, 11) is 0. The Labute approximate surface area is 155 Å². The third-order valence-electron chi connectivity index (χ3n) is 3.37. The Morgan fingerprint density at radius 3 is 2.46 bits per heavy atom. The number of aryl methyl sites for hydroxylation is 1. The second-order valence-electron chi connectivity index (χ2n) is 5.53. The zero-order valence-corrected chi connectivity index (χ0v) is 15.3. The average Bonchev–Trinajstić information content (AvgIpc) is 2.66. The minimum absolute atomic E-state index is 0.122. The Bertz CT molecular complexity index is 766. The second-order valence-corrected chi connectivity index (χ2v) is 6.85. The molecule has 1 aromatic heterocycles. The number of carbonyl (C=O) groups is 3. The Hall–Kier alpha value is -2.87. The number of hydrazine groups is 1. The lowest BCUT2D eigenvalue weighted by Gasteiger charge is -2.12. The quantitative estimate of drug-likeness (QED) is 0.673. The number of rotatable bonds is 6. The van der Waals surface area contributed by atoms with Crippen molar-refractivity contribution in [1.29, 1.82) is 0 Å². The molecular formula is C18H20N4O3S. The van der Waals surface area contributed by atoms with Gasteiger partial charge in [-0.3, -0.25) is 30.2 Å². The van der Waals surface area contributed by atoms with Crippen LogP contribution in [0.4, 0.5) is 5.69 Å². The predicted octanol–water partition coefficient (Wildman–Crippen LogP) is 1.91. The van der Waals surface area contributed by atoms with Gasteiger partial charge in [-0.05, 0) is 38.1 Å². The largest absolute Gasteiger partial charge is 0.325 e. The highest BCUT2D eigenvalue weighted by atomic mass is 32.2. The zero-order valence-electron chi connectivity index (χ0n) is 14.5. The van der Waals surface area contributed by atoms with Crippen LogP contribution < -0.4 is 16.2 Å².